The average molecular weight is 146 g/mol. The molecule has 0 aliphatic rings. The Balaban J connectivity index is 3.32. The van der Waals surface area contributed by atoms with Gasteiger partial charge >= 0.3 is 0 Å². The SMILES string of the molecule is Bc1cccc(N)c1C(C)=N. The molecular weight excluding hydrogens is 135 g/mol. The highest BCUT2D eigenvalue weighted by Gasteiger charge is 2.02. The maximum atomic E-state index is 7.44. The van der Waals surface area contributed by atoms with Crippen molar-refractivity contribution in [2.75, 3.05) is 5.73 Å². The Hall–Kier alpha value is -1.25. The third-order valence-corrected chi connectivity index (χ3v) is 1.68. The number of nitrogens with one attached hydrogen (secondary N) is 1. The summed E-state index contributed by atoms with van der Waals surface area (Å²) in [6.45, 7) is 1.75. The molecular formula is C8H11BN2. The second kappa shape index (κ2) is 2.78. The van der Waals surface area contributed by atoms with Gasteiger partial charge in [0, 0.05) is 17.0 Å². The van der Waals surface area contributed by atoms with Crippen LogP contribution >= 0.6 is 0 Å². The molecule has 0 unspecified atom stereocenters. The fraction of sp³-hybridized carbons (Fsp3) is 0.125. The molecule has 0 amide bonds. The molecule has 0 atom stereocenters. The lowest BCUT2D eigenvalue weighted by Gasteiger charge is -2.06. The van der Waals surface area contributed by atoms with Gasteiger partial charge in [0.1, 0.15) is 7.85 Å². The molecule has 1 aromatic carbocycles. The van der Waals surface area contributed by atoms with Gasteiger partial charge in [0.15, 0.2) is 0 Å². The second-order valence-electron chi connectivity index (χ2n) is 2.66. The molecule has 0 heterocycles. The van der Waals surface area contributed by atoms with E-state index in [1.165, 1.54) is 0 Å². The molecule has 0 aliphatic heterocycles. The van der Waals surface area contributed by atoms with E-state index >= 15 is 0 Å². The van der Waals surface area contributed by atoms with Gasteiger partial charge in [-0.15, -0.1) is 0 Å². The second-order valence-corrected chi connectivity index (χ2v) is 2.66. The minimum absolute atomic E-state index is 0.528. The maximum absolute atomic E-state index is 7.44. The van der Waals surface area contributed by atoms with Crippen LogP contribution in [0.5, 0.6) is 0 Å². The zero-order chi connectivity index (χ0) is 8.43. The number of nitrogens with two attached hydrogens (primary N) is 1. The van der Waals surface area contributed by atoms with Gasteiger partial charge in [0.2, 0.25) is 0 Å². The van der Waals surface area contributed by atoms with Crippen LogP contribution in [0, 0.1) is 5.41 Å². The van der Waals surface area contributed by atoms with Crippen molar-refractivity contribution in [3.63, 3.8) is 0 Å². The molecule has 1 aromatic rings. The number of anilines is 1. The molecule has 0 aliphatic carbocycles. The number of nitrogen functional groups attached to an aromatic ring is 1. The van der Waals surface area contributed by atoms with Crippen molar-refractivity contribution in [1.82, 2.24) is 0 Å². The number of rotatable bonds is 1. The highest BCUT2D eigenvalue weighted by molar-refractivity contribution is 6.37. The Morgan fingerprint density at radius 3 is 2.55 bits per heavy atom. The standard InChI is InChI=1S/C8H11BN2/c1-5(10)8-6(9)3-2-4-7(8)11/h2-4,10H,9,11H2,1H3. The minimum atomic E-state index is 0.528. The predicted octanol–water partition coefficient (Wildman–Crippen LogP) is -0.0850. The van der Waals surface area contributed by atoms with Crippen LogP contribution in [0.3, 0.4) is 0 Å². The quantitative estimate of drug-likeness (QED) is 0.325. The Labute approximate surface area is 67.3 Å². The van der Waals surface area contributed by atoms with E-state index in [1.807, 2.05) is 26.0 Å². The summed E-state index contributed by atoms with van der Waals surface area (Å²) in [5, 5.41) is 7.44. The first-order valence-electron chi connectivity index (χ1n) is 3.53. The zero-order valence-electron chi connectivity index (χ0n) is 6.81. The van der Waals surface area contributed by atoms with Gasteiger partial charge in [0.05, 0.1) is 0 Å². The molecule has 11 heavy (non-hydrogen) atoms. The van der Waals surface area contributed by atoms with E-state index in [-0.39, 0.29) is 0 Å². The highest BCUT2D eigenvalue weighted by atomic mass is 14.6. The monoisotopic (exact) mass is 146 g/mol. The van der Waals surface area contributed by atoms with E-state index in [9.17, 15) is 0 Å². The van der Waals surface area contributed by atoms with Crippen molar-refractivity contribution in [3.05, 3.63) is 23.8 Å². The third kappa shape index (κ3) is 1.42. The number of hydrogen-bond donors (Lipinski definition) is 2. The van der Waals surface area contributed by atoms with E-state index in [0.717, 1.165) is 11.0 Å². The fourth-order valence-corrected chi connectivity index (χ4v) is 1.20. The first-order valence-corrected chi connectivity index (χ1v) is 3.53. The summed E-state index contributed by atoms with van der Waals surface area (Å²) in [7, 11) is 1.96. The summed E-state index contributed by atoms with van der Waals surface area (Å²) in [6, 6.07) is 5.68. The molecule has 1 rings (SSSR count). The first-order chi connectivity index (χ1) is 5.13. The number of benzene rings is 1. The normalized spacial score (nSPS) is 9.55. The summed E-state index contributed by atoms with van der Waals surface area (Å²) >= 11 is 0. The molecule has 0 saturated heterocycles. The lowest BCUT2D eigenvalue weighted by atomic mass is 9.88. The Morgan fingerprint density at radius 2 is 2.18 bits per heavy atom. The average Bonchev–Trinajstić information content (AvgIpc) is 1.85. The summed E-state index contributed by atoms with van der Waals surface area (Å²) in [5.74, 6) is 0. The van der Waals surface area contributed by atoms with Gasteiger partial charge in [-0.2, -0.15) is 0 Å². The van der Waals surface area contributed by atoms with Gasteiger partial charge in [-0.25, -0.2) is 0 Å². The van der Waals surface area contributed by atoms with E-state index in [2.05, 4.69) is 0 Å². The first kappa shape index (κ1) is 7.86. The van der Waals surface area contributed by atoms with Crippen molar-refractivity contribution in [1.29, 1.82) is 5.41 Å². The van der Waals surface area contributed by atoms with Crippen molar-refractivity contribution in [2.24, 2.45) is 0 Å². The third-order valence-electron chi connectivity index (χ3n) is 1.68. The van der Waals surface area contributed by atoms with Gasteiger partial charge in [-0.3, -0.25) is 0 Å². The molecule has 0 radical (unpaired) electrons. The van der Waals surface area contributed by atoms with Crippen LogP contribution in [0.1, 0.15) is 12.5 Å². The molecule has 3 heteroatoms. The van der Waals surface area contributed by atoms with Crippen LogP contribution in [0.25, 0.3) is 0 Å². The van der Waals surface area contributed by atoms with Gasteiger partial charge in [-0.05, 0) is 13.0 Å². The Morgan fingerprint density at radius 1 is 1.55 bits per heavy atom. The molecule has 2 nitrogen and oxygen atoms in total. The van der Waals surface area contributed by atoms with Crippen molar-refractivity contribution in [3.8, 4) is 0 Å². The number of hydrogen-bond acceptors (Lipinski definition) is 2. The lowest BCUT2D eigenvalue weighted by Crippen LogP contribution is -2.16. The molecule has 0 fully saturated rings. The van der Waals surface area contributed by atoms with Gasteiger partial charge in [-0.1, -0.05) is 17.6 Å². The fourth-order valence-electron chi connectivity index (χ4n) is 1.20. The van der Waals surface area contributed by atoms with Crippen molar-refractivity contribution in [2.45, 2.75) is 6.92 Å². The van der Waals surface area contributed by atoms with E-state index in [4.69, 9.17) is 11.1 Å². The molecule has 0 aromatic heterocycles. The summed E-state index contributed by atoms with van der Waals surface area (Å²) in [5.41, 5.74) is 8.84. The van der Waals surface area contributed by atoms with Crippen LogP contribution in [-0.4, -0.2) is 13.6 Å². The van der Waals surface area contributed by atoms with Gasteiger partial charge in [0.25, 0.3) is 0 Å². The zero-order valence-corrected chi connectivity index (χ0v) is 6.81. The lowest BCUT2D eigenvalue weighted by molar-refractivity contribution is 1.47. The molecule has 0 bridgehead atoms. The van der Waals surface area contributed by atoms with E-state index in [0.29, 0.717) is 11.4 Å². The van der Waals surface area contributed by atoms with Crippen LogP contribution in [0.15, 0.2) is 18.2 Å². The molecule has 56 valence electrons. The van der Waals surface area contributed by atoms with E-state index < -0.39 is 0 Å². The van der Waals surface area contributed by atoms with Gasteiger partial charge < -0.3 is 11.1 Å². The van der Waals surface area contributed by atoms with Crippen LogP contribution in [0.2, 0.25) is 0 Å². The highest BCUT2D eigenvalue weighted by Crippen LogP contribution is 2.07. The Bertz CT molecular complexity index is 274. The summed E-state index contributed by atoms with van der Waals surface area (Å²) in [6.07, 6.45) is 0. The molecule has 0 spiro atoms. The smallest absolute Gasteiger partial charge is 0.140 e. The molecule has 0 saturated carbocycles. The van der Waals surface area contributed by atoms with Crippen LogP contribution in [-0.2, 0) is 0 Å². The summed E-state index contributed by atoms with van der Waals surface area (Å²) in [4.78, 5) is 0. The van der Waals surface area contributed by atoms with E-state index in [1.54, 1.807) is 6.92 Å². The molecule has 3 N–H and O–H groups in total. The van der Waals surface area contributed by atoms with Crippen LogP contribution < -0.4 is 11.2 Å². The largest absolute Gasteiger partial charge is 0.398 e. The summed E-state index contributed by atoms with van der Waals surface area (Å²) < 4.78 is 0. The van der Waals surface area contributed by atoms with Crippen molar-refractivity contribution < 1.29 is 0 Å². The minimum Gasteiger partial charge on any atom is -0.398 e. The van der Waals surface area contributed by atoms with Crippen LogP contribution in [0.4, 0.5) is 5.69 Å². The Kier molecular flexibility index (Phi) is 1.99. The topological polar surface area (TPSA) is 49.9 Å². The van der Waals surface area contributed by atoms with Crippen molar-refractivity contribution >= 4 is 24.7 Å². The maximum Gasteiger partial charge on any atom is 0.140 e. The predicted molar refractivity (Wildman–Crippen MR) is 51.5 cm³/mol.